The molecule has 2 nitrogen and oxygen atoms in total. The highest BCUT2D eigenvalue weighted by Crippen LogP contribution is 2.31. The molecule has 0 bridgehead atoms. The second-order valence-corrected chi connectivity index (χ2v) is 4.41. The summed E-state index contributed by atoms with van der Waals surface area (Å²) in [6, 6.07) is 2.08. The van der Waals surface area contributed by atoms with Gasteiger partial charge >= 0.3 is 0 Å². The van der Waals surface area contributed by atoms with E-state index in [0.29, 0.717) is 0 Å². The molecule has 0 heterocycles. The van der Waals surface area contributed by atoms with E-state index in [2.05, 4.69) is 5.32 Å². The standard InChI is InChI=1S/C14H10F5NO/c1-6(8-4-7(15)2-3-11(8)21)20-14-12(18)9(16)5-10(17)13(14)19/h2-6,20-21H,1H3. The van der Waals surface area contributed by atoms with Crippen LogP contribution in [0.15, 0.2) is 24.3 Å². The topological polar surface area (TPSA) is 32.3 Å². The zero-order valence-electron chi connectivity index (χ0n) is 10.7. The van der Waals surface area contributed by atoms with Crippen molar-refractivity contribution >= 4 is 5.69 Å². The van der Waals surface area contributed by atoms with Crippen LogP contribution in [-0.4, -0.2) is 5.11 Å². The second-order valence-electron chi connectivity index (χ2n) is 4.41. The van der Waals surface area contributed by atoms with Crippen LogP contribution in [0, 0.1) is 29.1 Å². The highest BCUT2D eigenvalue weighted by Gasteiger charge is 2.22. The van der Waals surface area contributed by atoms with Gasteiger partial charge < -0.3 is 10.4 Å². The van der Waals surface area contributed by atoms with Crippen LogP contribution >= 0.6 is 0 Å². The Morgan fingerprint density at radius 3 is 2.10 bits per heavy atom. The summed E-state index contributed by atoms with van der Waals surface area (Å²) >= 11 is 0. The first-order valence-corrected chi connectivity index (χ1v) is 5.89. The van der Waals surface area contributed by atoms with Crippen LogP contribution in [0.2, 0.25) is 0 Å². The number of rotatable bonds is 3. The van der Waals surface area contributed by atoms with Gasteiger partial charge in [-0.1, -0.05) is 0 Å². The molecule has 0 spiro atoms. The monoisotopic (exact) mass is 303 g/mol. The lowest BCUT2D eigenvalue weighted by atomic mass is 10.1. The van der Waals surface area contributed by atoms with E-state index < -0.39 is 40.8 Å². The summed E-state index contributed by atoms with van der Waals surface area (Å²) in [6.45, 7) is 1.34. The Morgan fingerprint density at radius 2 is 1.52 bits per heavy atom. The fourth-order valence-electron chi connectivity index (χ4n) is 1.87. The number of aromatic hydroxyl groups is 1. The zero-order valence-corrected chi connectivity index (χ0v) is 10.7. The average Bonchev–Trinajstić information content (AvgIpc) is 2.43. The van der Waals surface area contributed by atoms with E-state index in [4.69, 9.17) is 0 Å². The van der Waals surface area contributed by atoms with Crippen LogP contribution < -0.4 is 5.32 Å². The van der Waals surface area contributed by atoms with Crippen molar-refractivity contribution in [2.24, 2.45) is 0 Å². The molecule has 0 saturated heterocycles. The molecule has 0 aromatic heterocycles. The molecule has 2 rings (SSSR count). The molecule has 2 aromatic carbocycles. The molecule has 1 atom stereocenters. The quantitative estimate of drug-likeness (QED) is 0.656. The van der Waals surface area contributed by atoms with E-state index in [0.717, 1.165) is 18.2 Å². The smallest absolute Gasteiger partial charge is 0.185 e. The van der Waals surface area contributed by atoms with Crippen LogP contribution in [0.1, 0.15) is 18.5 Å². The van der Waals surface area contributed by atoms with Crippen molar-refractivity contribution in [2.45, 2.75) is 13.0 Å². The molecule has 0 saturated carbocycles. The van der Waals surface area contributed by atoms with E-state index in [-0.39, 0.29) is 17.4 Å². The Balaban J connectivity index is 2.40. The number of nitrogens with one attached hydrogen (secondary N) is 1. The summed E-state index contributed by atoms with van der Waals surface area (Å²) in [5, 5.41) is 11.8. The molecule has 112 valence electrons. The maximum absolute atomic E-state index is 13.5. The van der Waals surface area contributed by atoms with Crippen LogP contribution in [0.5, 0.6) is 5.75 Å². The summed E-state index contributed by atoms with van der Waals surface area (Å²) < 4.78 is 66.3. The van der Waals surface area contributed by atoms with Crippen LogP contribution in [0.4, 0.5) is 27.6 Å². The largest absolute Gasteiger partial charge is 0.508 e. The predicted molar refractivity (Wildman–Crippen MR) is 66.4 cm³/mol. The Morgan fingerprint density at radius 1 is 0.952 bits per heavy atom. The van der Waals surface area contributed by atoms with Crippen molar-refractivity contribution in [1.29, 1.82) is 0 Å². The Hall–Kier alpha value is -2.31. The molecule has 0 aliphatic heterocycles. The minimum Gasteiger partial charge on any atom is -0.508 e. The molecule has 0 amide bonds. The SMILES string of the molecule is CC(Nc1c(F)c(F)cc(F)c1F)c1cc(F)ccc1O. The predicted octanol–water partition coefficient (Wildman–Crippen LogP) is 4.26. The number of anilines is 1. The maximum Gasteiger partial charge on any atom is 0.185 e. The number of hydrogen-bond acceptors (Lipinski definition) is 2. The van der Waals surface area contributed by atoms with Crippen LogP contribution in [-0.2, 0) is 0 Å². The van der Waals surface area contributed by atoms with Crippen molar-refractivity contribution < 1.29 is 27.1 Å². The van der Waals surface area contributed by atoms with E-state index in [1.807, 2.05) is 0 Å². The average molecular weight is 303 g/mol. The van der Waals surface area contributed by atoms with Crippen LogP contribution in [0.3, 0.4) is 0 Å². The summed E-state index contributed by atoms with van der Waals surface area (Å²) in [5.41, 5.74) is -1.04. The fraction of sp³-hybridized carbons (Fsp3) is 0.143. The van der Waals surface area contributed by atoms with Crippen LogP contribution in [0.25, 0.3) is 0 Å². The van der Waals surface area contributed by atoms with Gasteiger partial charge in [0.15, 0.2) is 23.3 Å². The summed E-state index contributed by atoms with van der Waals surface area (Å²) in [6.07, 6.45) is 0. The van der Waals surface area contributed by atoms with Crippen molar-refractivity contribution in [3.05, 3.63) is 58.9 Å². The molecule has 2 N–H and O–H groups in total. The van der Waals surface area contributed by atoms with E-state index in [1.54, 1.807) is 0 Å². The molecule has 0 radical (unpaired) electrons. The van der Waals surface area contributed by atoms with Gasteiger partial charge in [-0.25, -0.2) is 22.0 Å². The third-order valence-corrected chi connectivity index (χ3v) is 2.93. The summed E-state index contributed by atoms with van der Waals surface area (Å²) in [4.78, 5) is 0. The van der Waals surface area contributed by atoms with E-state index >= 15 is 0 Å². The second kappa shape index (κ2) is 5.59. The highest BCUT2D eigenvalue weighted by atomic mass is 19.2. The highest BCUT2D eigenvalue weighted by molar-refractivity contribution is 5.50. The first-order chi connectivity index (χ1) is 9.81. The van der Waals surface area contributed by atoms with Gasteiger partial charge in [0.25, 0.3) is 0 Å². The van der Waals surface area contributed by atoms with Crippen molar-refractivity contribution in [3.63, 3.8) is 0 Å². The molecule has 21 heavy (non-hydrogen) atoms. The molecule has 2 aromatic rings. The first kappa shape index (κ1) is 15.1. The minimum atomic E-state index is -1.60. The van der Waals surface area contributed by atoms with Gasteiger partial charge in [-0.2, -0.15) is 0 Å². The Kier molecular flexibility index (Phi) is 4.02. The van der Waals surface area contributed by atoms with Gasteiger partial charge in [0, 0.05) is 11.6 Å². The molecule has 1 unspecified atom stereocenters. The first-order valence-electron chi connectivity index (χ1n) is 5.89. The zero-order chi connectivity index (χ0) is 15.7. The lowest BCUT2D eigenvalue weighted by molar-refractivity contribution is 0.453. The number of benzene rings is 2. The Labute approximate surface area is 116 Å². The molecule has 0 aliphatic rings. The third kappa shape index (κ3) is 2.91. The normalized spacial score (nSPS) is 12.3. The summed E-state index contributed by atoms with van der Waals surface area (Å²) in [5.74, 6) is -7.33. The van der Waals surface area contributed by atoms with Gasteiger partial charge in [-0.05, 0) is 25.1 Å². The number of hydrogen-bond donors (Lipinski definition) is 2. The van der Waals surface area contributed by atoms with Crippen molar-refractivity contribution in [1.82, 2.24) is 0 Å². The Bertz CT molecular complexity index is 663. The maximum atomic E-state index is 13.5. The van der Waals surface area contributed by atoms with E-state index in [9.17, 15) is 27.1 Å². The van der Waals surface area contributed by atoms with Gasteiger partial charge in [-0.3, -0.25) is 0 Å². The van der Waals surface area contributed by atoms with E-state index in [1.165, 1.54) is 6.92 Å². The van der Waals surface area contributed by atoms with Gasteiger partial charge in [0.2, 0.25) is 0 Å². The fourth-order valence-corrected chi connectivity index (χ4v) is 1.87. The third-order valence-electron chi connectivity index (χ3n) is 2.93. The molecule has 0 aliphatic carbocycles. The lowest BCUT2D eigenvalue weighted by Gasteiger charge is -2.18. The molecular weight excluding hydrogens is 293 g/mol. The van der Waals surface area contributed by atoms with Gasteiger partial charge in [0.1, 0.15) is 17.3 Å². The number of halogens is 5. The summed E-state index contributed by atoms with van der Waals surface area (Å²) in [7, 11) is 0. The molecule has 0 fully saturated rings. The molecule has 7 heteroatoms. The molecular formula is C14H10F5NO. The van der Waals surface area contributed by atoms with Crippen molar-refractivity contribution in [2.75, 3.05) is 5.32 Å². The minimum absolute atomic E-state index is 0.0153. The number of phenols is 1. The lowest BCUT2D eigenvalue weighted by Crippen LogP contribution is -2.12. The van der Waals surface area contributed by atoms with Gasteiger partial charge in [0.05, 0.1) is 6.04 Å². The van der Waals surface area contributed by atoms with Crippen molar-refractivity contribution in [3.8, 4) is 5.75 Å². The van der Waals surface area contributed by atoms with Gasteiger partial charge in [-0.15, -0.1) is 0 Å². The number of phenolic OH excluding ortho intramolecular Hbond substituents is 1.